The second kappa shape index (κ2) is 7.08. The Kier molecular flexibility index (Phi) is 5.64. The molecule has 1 aromatic rings. The van der Waals surface area contributed by atoms with Crippen LogP contribution in [-0.4, -0.2) is 29.6 Å². The van der Waals surface area contributed by atoms with Crippen molar-refractivity contribution in [2.45, 2.75) is 58.2 Å². The van der Waals surface area contributed by atoms with E-state index in [1.54, 1.807) is 12.1 Å². The van der Waals surface area contributed by atoms with Crippen molar-refractivity contribution in [3.05, 3.63) is 34.6 Å². The summed E-state index contributed by atoms with van der Waals surface area (Å²) in [5.74, 6) is -0.160. The molecule has 1 saturated heterocycles. The second-order valence-electron chi connectivity index (χ2n) is 6.99. The van der Waals surface area contributed by atoms with Crippen molar-refractivity contribution in [2.24, 2.45) is 0 Å². The van der Waals surface area contributed by atoms with Crippen molar-refractivity contribution in [1.82, 2.24) is 10.2 Å². The van der Waals surface area contributed by atoms with E-state index in [1.807, 2.05) is 0 Å². The first-order valence-corrected chi connectivity index (χ1v) is 8.16. The third-order valence-corrected chi connectivity index (χ3v) is 4.23. The molecule has 1 unspecified atom stereocenters. The fraction of sp³-hybridized carbons (Fsp3) is 0.647. The third kappa shape index (κ3) is 5.24. The first kappa shape index (κ1) is 16.7. The molecule has 0 bridgehead atoms. The minimum Gasteiger partial charge on any atom is -0.311 e. The van der Waals surface area contributed by atoms with Crippen LogP contribution in [0.4, 0.5) is 4.39 Å². The van der Waals surface area contributed by atoms with Crippen molar-refractivity contribution in [2.75, 3.05) is 13.1 Å². The molecule has 1 aromatic carbocycles. The first-order valence-electron chi connectivity index (χ1n) is 7.78. The van der Waals surface area contributed by atoms with E-state index in [1.165, 1.54) is 25.3 Å². The normalized spacial score (nSPS) is 20.7. The van der Waals surface area contributed by atoms with Gasteiger partial charge in [0.05, 0.1) is 0 Å². The SMILES string of the molecule is CC(C)(C)NCC1CCCCN1Cc1cc(Cl)ccc1F. The maximum absolute atomic E-state index is 13.9. The number of nitrogens with zero attached hydrogens (tertiary/aromatic N) is 1. The summed E-state index contributed by atoms with van der Waals surface area (Å²) < 4.78 is 13.9. The summed E-state index contributed by atoms with van der Waals surface area (Å²) in [5.41, 5.74) is 0.815. The van der Waals surface area contributed by atoms with Crippen molar-refractivity contribution >= 4 is 11.6 Å². The van der Waals surface area contributed by atoms with Crippen molar-refractivity contribution in [3.63, 3.8) is 0 Å². The molecular formula is C17H26ClFN2. The molecule has 21 heavy (non-hydrogen) atoms. The highest BCUT2D eigenvalue weighted by atomic mass is 35.5. The van der Waals surface area contributed by atoms with Crippen LogP contribution in [0.15, 0.2) is 18.2 Å². The summed E-state index contributed by atoms with van der Waals surface area (Å²) in [6.45, 7) is 9.15. The number of nitrogens with one attached hydrogen (secondary N) is 1. The van der Waals surface area contributed by atoms with Crippen molar-refractivity contribution in [1.29, 1.82) is 0 Å². The lowest BCUT2D eigenvalue weighted by molar-refractivity contribution is 0.129. The van der Waals surface area contributed by atoms with Crippen LogP contribution >= 0.6 is 11.6 Å². The molecule has 0 spiro atoms. The minimum atomic E-state index is -0.160. The summed E-state index contributed by atoms with van der Waals surface area (Å²) in [6, 6.07) is 5.29. The minimum absolute atomic E-state index is 0.115. The van der Waals surface area contributed by atoms with Gasteiger partial charge in [0.15, 0.2) is 0 Å². The summed E-state index contributed by atoms with van der Waals surface area (Å²) in [5, 5.41) is 4.18. The van der Waals surface area contributed by atoms with Gasteiger partial charge in [0.25, 0.3) is 0 Å². The monoisotopic (exact) mass is 312 g/mol. The molecule has 0 saturated carbocycles. The van der Waals surface area contributed by atoms with E-state index in [4.69, 9.17) is 11.6 Å². The average molecular weight is 313 g/mol. The number of rotatable bonds is 4. The van der Waals surface area contributed by atoms with Gasteiger partial charge in [-0.1, -0.05) is 18.0 Å². The zero-order chi connectivity index (χ0) is 15.5. The number of hydrogen-bond donors (Lipinski definition) is 1. The van der Waals surface area contributed by atoms with Crippen LogP contribution < -0.4 is 5.32 Å². The van der Waals surface area contributed by atoms with E-state index < -0.39 is 0 Å². The largest absolute Gasteiger partial charge is 0.311 e. The van der Waals surface area contributed by atoms with E-state index in [9.17, 15) is 4.39 Å². The summed E-state index contributed by atoms with van der Waals surface area (Å²) in [7, 11) is 0. The maximum atomic E-state index is 13.9. The second-order valence-corrected chi connectivity index (χ2v) is 7.42. The molecule has 1 fully saturated rings. The lowest BCUT2D eigenvalue weighted by Gasteiger charge is -2.37. The number of halogens is 2. The van der Waals surface area contributed by atoms with E-state index >= 15 is 0 Å². The van der Waals surface area contributed by atoms with Crippen LogP contribution in [0, 0.1) is 5.82 Å². The maximum Gasteiger partial charge on any atom is 0.127 e. The van der Waals surface area contributed by atoms with Gasteiger partial charge in [-0.2, -0.15) is 0 Å². The number of hydrogen-bond acceptors (Lipinski definition) is 2. The van der Waals surface area contributed by atoms with E-state index in [-0.39, 0.29) is 11.4 Å². The van der Waals surface area contributed by atoms with E-state index in [0.717, 1.165) is 13.1 Å². The molecule has 1 N–H and O–H groups in total. The third-order valence-electron chi connectivity index (χ3n) is 4.00. The predicted molar refractivity (Wildman–Crippen MR) is 87.2 cm³/mol. The molecule has 0 amide bonds. The highest BCUT2D eigenvalue weighted by molar-refractivity contribution is 6.30. The average Bonchev–Trinajstić information content (AvgIpc) is 2.41. The quantitative estimate of drug-likeness (QED) is 0.895. The summed E-state index contributed by atoms with van der Waals surface area (Å²) >= 11 is 5.99. The van der Waals surface area contributed by atoms with Crippen molar-refractivity contribution in [3.8, 4) is 0 Å². The standard InChI is InChI=1S/C17H26ClFN2/c1-17(2,3)20-11-15-6-4-5-9-21(15)12-13-10-14(18)7-8-16(13)19/h7-8,10,15,20H,4-6,9,11-12H2,1-3H3. The van der Waals surface area contributed by atoms with Gasteiger partial charge >= 0.3 is 0 Å². The predicted octanol–water partition coefficient (Wildman–Crippen LogP) is 4.22. The van der Waals surface area contributed by atoms with Gasteiger partial charge in [-0.15, -0.1) is 0 Å². The van der Waals surface area contributed by atoms with Gasteiger partial charge in [-0.05, 0) is 58.4 Å². The lowest BCUT2D eigenvalue weighted by atomic mass is 9.99. The Labute approximate surface area is 132 Å². The van der Waals surface area contributed by atoms with Crippen LogP contribution in [0.3, 0.4) is 0 Å². The number of benzene rings is 1. The van der Waals surface area contributed by atoms with Crippen molar-refractivity contribution < 1.29 is 4.39 Å². The molecule has 1 aliphatic heterocycles. The fourth-order valence-corrected chi connectivity index (χ4v) is 3.00. The summed E-state index contributed by atoms with van der Waals surface area (Å²) in [4.78, 5) is 2.39. The molecule has 118 valence electrons. The molecule has 0 aliphatic carbocycles. The van der Waals surface area contributed by atoms with Gasteiger partial charge in [0.1, 0.15) is 5.82 Å². The molecular weight excluding hydrogens is 287 g/mol. The Morgan fingerprint density at radius 2 is 2.10 bits per heavy atom. The molecule has 1 aliphatic rings. The molecule has 0 radical (unpaired) electrons. The van der Waals surface area contributed by atoms with Gasteiger partial charge in [0.2, 0.25) is 0 Å². The fourth-order valence-electron chi connectivity index (χ4n) is 2.81. The molecule has 4 heteroatoms. The summed E-state index contributed by atoms with van der Waals surface area (Å²) in [6.07, 6.45) is 3.62. The van der Waals surface area contributed by atoms with Gasteiger partial charge in [-0.3, -0.25) is 4.90 Å². The zero-order valence-electron chi connectivity index (χ0n) is 13.3. The molecule has 2 nitrogen and oxygen atoms in total. The van der Waals surface area contributed by atoms with Crippen LogP contribution in [0.2, 0.25) is 5.02 Å². The van der Waals surface area contributed by atoms with Gasteiger partial charge in [-0.25, -0.2) is 4.39 Å². The molecule has 0 aromatic heterocycles. The Morgan fingerprint density at radius 1 is 1.33 bits per heavy atom. The molecule has 1 heterocycles. The van der Waals surface area contributed by atoms with Crippen LogP contribution in [0.1, 0.15) is 45.6 Å². The Morgan fingerprint density at radius 3 is 2.81 bits per heavy atom. The van der Waals surface area contributed by atoms with Crippen LogP contribution in [0.5, 0.6) is 0 Å². The Bertz CT molecular complexity index is 470. The van der Waals surface area contributed by atoms with Crippen LogP contribution in [-0.2, 0) is 6.54 Å². The first-order chi connectivity index (χ1) is 9.85. The Hall–Kier alpha value is -0.640. The van der Waals surface area contributed by atoms with E-state index in [0.29, 0.717) is 23.2 Å². The van der Waals surface area contributed by atoms with Gasteiger partial charge < -0.3 is 5.32 Å². The topological polar surface area (TPSA) is 15.3 Å². The lowest BCUT2D eigenvalue weighted by Crippen LogP contribution is -2.49. The Balaban J connectivity index is 2.03. The smallest absolute Gasteiger partial charge is 0.127 e. The zero-order valence-corrected chi connectivity index (χ0v) is 14.0. The molecule has 1 atom stereocenters. The van der Waals surface area contributed by atoms with Crippen LogP contribution in [0.25, 0.3) is 0 Å². The number of piperidine rings is 1. The van der Waals surface area contributed by atoms with Gasteiger partial charge in [0, 0.05) is 35.3 Å². The highest BCUT2D eigenvalue weighted by Gasteiger charge is 2.24. The van der Waals surface area contributed by atoms with E-state index in [2.05, 4.69) is 31.0 Å². The number of likely N-dealkylation sites (tertiary alicyclic amines) is 1. The molecule has 2 rings (SSSR count). The highest BCUT2D eigenvalue weighted by Crippen LogP contribution is 2.22.